The summed E-state index contributed by atoms with van der Waals surface area (Å²) in [6.07, 6.45) is 1.52. The van der Waals surface area contributed by atoms with Crippen LogP contribution in [0.1, 0.15) is 20.8 Å². The summed E-state index contributed by atoms with van der Waals surface area (Å²) in [6, 6.07) is 5.84. The maximum Gasteiger partial charge on any atom is 0.259 e. The van der Waals surface area contributed by atoms with Gasteiger partial charge in [0.05, 0.1) is 23.3 Å². The van der Waals surface area contributed by atoms with E-state index in [2.05, 4.69) is 15.8 Å². The van der Waals surface area contributed by atoms with Crippen molar-refractivity contribution < 1.29 is 14.0 Å². The SMILES string of the molecule is Cc1ccsc1/C=N\NC(=O)CNC(=O)c1c(F)cccc1Cl. The molecule has 0 spiro atoms. The van der Waals surface area contributed by atoms with Gasteiger partial charge in [0.15, 0.2) is 0 Å². The molecule has 0 saturated heterocycles. The molecule has 0 aliphatic rings. The zero-order valence-electron chi connectivity index (χ0n) is 12.1. The molecule has 0 unspecified atom stereocenters. The predicted octanol–water partition coefficient (Wildman–Crippen LogP) is 2.73. The molecule has 2 aromatic rings. The minimum atomic E-state index is -0.763. The third kappa shape index (κ3) is 4.61. The van der Waals surface area contributed by atoms with Crippen LogP contribution in [0.2, 0.25) is 5.02 Å². The van der Waals surface area contributed by atoms with E-state index in [1.807, 2.05) is 18.4 Å². The highest BCUT2D eigenvalue weighted by Gasteiger charge is 2.16. The largest absolute Gasteiger partial charge is 0.343 e. The second-order valence-electron chi connectivity index (χ2n) is 4.54. The molecule has 0 saturated carbocycles. The Balaban J connectivity index is 1.86. The monoisotopic (exact) mass is 353 g/mol. The van der Waals surface area contributed by atoms with Crippen LogP contribution in [0, 0.1) is 12.7 Å². The van der Waals surface area contributed by atoms with Gasteiger partial charge in [0, 0.05) is 4.88 Å². The molecule has 1 aromatic carbocycles. The third-order valence-corrected chi connectivity index (χ3v) is 4.14. The average molecular weight is 354 g/mol. The van der Waals surface area contributed by atoms with Crippen molar-refractivity contribution in [3.8, 4) is 0 Å². The normalized spacial score (nSPS) is 10.7. The zero-order chi connectivity index (χ0) is 16.8. The maximum absolute atomic E-state index is 13.6. The Hall–Kier alpha value is -2.25. The van der Waals surface area contributed by atoms with Gasteiger partial charge in [0.25, 0.3) is 11.8 Å². The van der Waals surface area contributed by atoms with E-state index in [4.69, 9.17) is 11.6 Å². The highest BCUT2D eigenvalue weighted by molar-refractivity contribution is 7.11. The van der Waals surface area contributed by atoms with Crippen molar-refractivity contribution in [1.29, 1.82) is 0 Å². The van der Waals surface area contributed by atoms with Gasteiger partial charge in [-0.3, -0.25) is 9.59 Å². The van der Waals surface area contributed by atoms with Crippen LogP contribution in [0.15, 0.2) is 34.7 Å². The van der Waals surface area contributed by atoms with Gasteiger partial charge in [-0.2, -0.15) is 5.10 Å². The van der Waals surface area contributed by atoms with Gasteiger partial charge in [-0.1, -0.05) is 17.7 Å². The minimum absolute atomic E-state index is 0.0194. The number of carbonyl (C=O) groups is 2. The first kappa shape index (κ1) is 17.1. The van der Waals surface area contributed by atoms with Gasteiger partial charge in [0.1, 0.15) is 5.82 Å². The fourth-order valence-corrected chi connectivity index (χ4v) is 2.72. The highest BCUT2D eigenvalue weighted by Crippen LogP contribution is 2.18. The molecular formula is C15H13ClFN3O2S. The molecule has 5 nitrogen and oxygen atoms in total. The van der Waals surface area contributed by atoms with E-state index in [1.165, 1.54) is 29.7 Å². The van der Waals surface area contributed by atoms with Gasteiger partial charge >= 0.3 is 0 Å². The standard InChI is InChI=1S/C15H13ClFN3O2S/c1-9-5-6-23-12(9)7-19-20-13(21)8-18-15(22)14-10(16)3-2-4-11(14)17/h2-7H,8H2,1H3,(H,18,22)(H,20,21)/b19-7-. The molecule has 1 aromatic heterocycles. The predicted molar refractivity (Wildman–Crippen MR) is 88.5 cm³/mol. The molecule has 23 heavy (non-hydrogen) atoms. The lowest BCUT2D eigenvalue weighted by Crippen LogP contribution is -2.35. The van der Waals surface area contributed by atoms with Crippen molar-refractivity contribution in [1.82, 2.24) is 10.7 Å². The Morgan fingerprint density at radius 2 is 2.17 bits per heavy atom. The van der Waals surface area contributed by atoms with E-state index in [1.54, 1.807) is 0 Å². The summed E-state index contributed by atoms with van der Waals surface area (Å²) in [5, 5.41) is 7.98. The number of halogens is 2. The minimum Gasteiger partial charge on any atom is -0.343 e. The fraction of sp³-hybridized carbons (Fsp3) is 0.133. The van der Waals surface area contributed by atoms with Crippen LogP contribution in [-0.2, 0) is 4.79 Å². The van der Waals surface area contributed by atoms with Gasteiger partial charge in [0.2, 0.25) is 0 Å². The number of amides is 2. The zero-order valence-corrected chi connectivity index (χ0v) is 13.7. The molecule has 2 N–H and O–H groups in total. The second-order valence-corrected chi connectivity index (χ2v) is 5.90. The van der Waals surface area contributed by atoms with Crippen molar-refractivity contribution >= 4 is 41.0 Å². The van der Waals surface area contributed by atoms with E-state index in [9.17, 15) is 14.0 Å². The maximum atomic E-state index is 13.6. The van der Waals surface area contributed by atoms with Crippen LogP contribution < -0.4 is 10.7 Å². The number of aryl methyl sites for hydroxylation is 1. The molecule has 1 heterocycles. The Morgan fingerprint density at radius 1 is 1.39 bits per heavy atom. The quantitative estimate of drug-likeness (QED) is 0.641. The van der Waals surface area contributed by atoms with Gasteiger partial charge in [-0.05, 0) is 36.1 Å². The summed E-state index contributed by atoms with van der Waals surface area (Å²) >= 11 is 7.26. The number of nitrogens with one attached hydrogen (secondary N) is 2. The van der Waals surface area contributed by atoms with E-state index < -0.39 is 17.6 Å². The number of hydrogen-bond acceptors (Lipinski definition) is 4. The van der Waals surface area contributed by atoms with Gasteiger partial charge in [-0.15, -0.1) is 11.3 Å². The number of benzene rings is 1. The van der Waals surface area contributed by atoms with Crippen LogP contribution in [0.5, 0.6) is 0 Å². The number of rotatable bonds is 5. The highest BCUT2D eigenvalue weighted by atomic mass is 35.5. The Kier molecular flexibility index (Phi) is 5.84. The molecular weight excluding hydrogens is 341 g/mol. The van der Waals surface area contributed by atoms with E-state index in [0.717, 1.165) is 16.5 Å². The smallest absolute Gasteiger partial charge is 0.259 e. The molecule has 2 rings (SSSR count). The summed E-state index contributed by atoms with van der Waals surface area (Å²) in [5.74, 6) is -2.04. The topological polar surface area (TPSA) is 70.6 Å². The lowest BCUT2D eigenvalue weighted by atomic mass is 10.2. The molecule has 2 amide bonds. The summed E-state index contributed by atoms with van der Waals surface area (Å²) < 4.78 is 13.6. The summed E-state index contributed by atoms with van der Waals surface area (Å²) in [7, 11) is 0. The third-order valence-electron chi connectivity index (χ3n) is 2.87. The van der Waals surface area contributed by atoms with E-state index in [0.29, 0.717) is 0 Å². The molecule has 8 heteroatoms. The fourth-order valence-electron chi connectivity index (χ4n) is 1.68. The molecule has 0 radical (unpaired) electrons. The number of hydrogen-bond donors (Lipinski definition) is 2. The van der Waals surface area contributed by atoms with Crippen LogP contribution >= 0.6 is 22.9 Å². The second kappa shape index (κ2) is 7.85. The number of hydrazone groups is 1. The van der Waals surface area contributed by atoms with Crippen LogP contribution in [-0.4, -0.2) is 24.6 Å². The first-order valence-corrected chi connectivity index (χ1v) is 7.83. The van der Waals surface area contributed by atoms with Gasteiger partial charge in [-0.25, -0.2) is 9.82 Å². The lowest BCUT2D eigenvalue weighted by molar-refractivity contribution is -0.120. The molecule has 0 atom stereocenters. The molecule has 0 bridgehead atoms. The van der Waals surface area contributed by atoms with Crippen molar-refractivity contribution in [2.24, 2.45) is 5.10 Å². The molecule has 0 fully saturated rings. The summed E-state index contributed by atoms with van der Waals surface area (Å²) in [4.78, 5) is 24.4. The first-order valence-electron chi connectivity index (χ1n) is 6.57. The van der Waals surface area contributed by atoms with Crippen LogP contribution in [0.4, 0.5) is 4.39 Å². The number of carbonyl (C=O) groups excluding carboxylic acids is 2. The van der Waals surface area contributed by atoms with Gasteiger partial charge < -0.3 is 5.32 Å². The summed E-state index contributed by atoms with van der Waals surface area (Å²) in [6.45, 7) is 1.59. The summed E-state index contributed by atoms with van der Waals surface area (Å²) in [5.41, 5.74) is 3.04. The van der Waals surface area contributed by atoms with Crippen molar-refractivity contribution in [3.05, 3.63) is 56.5 Å². The molecule has 0 aliphatic heterocycles. The number of nitrogens with zero attached hydrogens (tertiary/aromatic N) is 1. The van der Waals surface area contributed by atoms with Crippen molar-refractivity contribution in [2.45, 2.75) is 6.92 Å². The molecule has 0 aliphatic carbocycles. The van der Waals surface area contributed by atoms with Crippen LogP contribution in [0.25, 0.3) is 0 Å². The van der Waals surface area contributed by atoms with Crippen LogP contribution in [0.3, 0.4) is 0 Å². The van der Waals surface area contributed by atoms with E-state index in [-0.39, 0.29) is 17.1 Å². The lowest BCUT2D eigenvalue weighted by Gasteiger charge is -2.06. The Morgan fingerprint density at radius 3 is 2.83 bits per heavy atom. The first-order chi connectivity index (χ1) is 11.0. The Labute approximate surface area is 141 Å². The molecule has 120 valence electrons. The average Bonchev–Trinajstić information content (AvgIpc) is 2.90. The van der Waals surface area contributed by atoms with E-state index >= 15 is 0 Å². The van der Waals surface area contributed by atoms with Crippen molar-refractivity contribution in [3.63, 3.8) is 0 Å². The van der Waals surface area contributed by atoms with Crippen molar-refractivity contribution in [2.75, 3.05) is 6.54 Å². The number of thiophene rings is 1. The Bertz CT molecular complexity index is 741.